The second-order valence-electron chi connectivity index (χ2n) is 6.79. The maximum Gasteiger partial charge on any atom is 0.244 e. The molecule has 1 amide bonds. The van der Waals surface area contributed by atoms with Gasteiger partial charge in [0.25, 0.3) is 0 Å². The number of rotatable bonds is 9. The molecule has 6 nitrogen and oxygen atoms in total. The van der Waals surface area contributed by atoms with Crippen molar-refractivity contribution in [3.05, 3.63) is 53.6 Å². The topological polar surface area (TPSA) is 84.5 Å². The fraction of sp³-hybridized carbons (Fsp3) is 0.381. The summed E-state index contributed by atoms with van der Waals surface area (Å²) in [4.78, 5) is 12.4. The molecule has 0 spiro atoms. The molecule has 1 atom stereocenters. The van der Waals surface area contributed by atoms with Crippen LogP contribution in [0.5, 0.6) is 5.75 Å². The van der Waals surface area contributed by atoms with Crippen molar-refractivity contribution in [2.75, 3.05) is 12.4 Å². The largest absolute Gasteiger partial charge is 0.495 e. The number of benzene rings is 2. The highest BCUT2D eigenvalue weighted by Crippen LogP contribution is 2.24. The highest BCUT2D eigenvalue weighted by atomic mass is 32.2. The van der Waals surface area contributed by atoms with E-state index in [4.69, 9.17) is 4.74 Å². The van der Waals surface area contributed by atoms with Gasteiger partial charge in [-0.25, -0.2) is 8.42 Å². The summed E-state index contributed by atoms with van der Waals surface area (Å²) in [5.41, 5.74) is 2.62. The van der Waals surface area contributed by atoms with Crippen LogP contribution in [0.1, 0.15) is 37.8 Å². The van der Waals surface area contributed by atoms with Crippen molar-refractivity contribution in [1.29, 1.82) is 0 Å². The van der Waals surface area contributed by atoms with Crippen LogP contribution in [-0.4, -0.2) is 27.5 Å². The number of aryl methyl sites for hydroxylation is 2. The molecule has 2 aromatic carbocycles. The number of methoxy groups -OCH3 is 1. The molecule has 7 heteroatoms. The van der Waals surface area contributed by atoms with Crippen LogP contribution in [0.3, 0.4) is 0 Å². The zero-order valence-corrected chi connectivity index (χ0v) is 17.6. The number of hydrogen-bond donors (Lipinski definition) is 2. The third-order valence-electron chi connectivity index (χ3n) is 4.37. The molecule has 0 fully saturated rings. The normalized spacial score (nSPS) is 12.4. The molecule has 0 radical (unpaired) electrons. The first-order chi connectivity index (χ1) is 13.3. The van der Waals surface area contributed by atoms with E-state index in [0.717, 1.165) is 24.8 Å². The van der Waals surface area contributed by atoms with Gasteiger partial charge in [0.15, 0.2) is 0 Å². The van der Waals surface area contributed by atoms with Gasteiger partial charge >= 0.3 is 0 Å². The van der Waals surface area contributed by atoms with E-state index < -0.39 is 22.0 Å². The Labute approximate surface area is 167 Å². The van der Waals surface area contributed by atoms with Gasteiger partial charge in [0.05, 0.1) is 13.2 Å². The highest BCUT2D eigenvalue weighted by Gasteiger charge is 2.25. The van der Waals surface area contributed by atoms with E-state index in [0.29, 0.717) is 5.69 Å². The van der Waals surface area contributed by atoms with Gasteiger partial charge in [0, 0.05) is 5.69 Å². The lowest BCUT2D eigenvalue weighted by molar-refractivity contribution is -0.117. The molecular formula is C21H28N2O4S. The molecule has 0 unspecified atom stereocenters. The summed E-state index contributed by atoms with van der Waals surface area (Å²) in [6, 6.07) is 11.5. The van der Waals surface area contributed by atoms with E-state index in [1.54, 1.807) is 19.1 Å². The molecule has 0 saturated carbocycles. The maximum absolute atomic E-state index is 12.7. The van der Waals surface area contributed by atoms with Crippen molar-refractivity contribution in [2.45, 2.75) is 51.0 Å². The van der Waals surface area contributed by atoms with Crippen LogP contribution >= 0.6 is 0 Å². The number of carbonyl (C=O) groups is 1. The standard InChI is InChI=1S/C21H28N2O4S/c1-5-6-7-17-9-11-18(12-10-17)22-21(24)16(3)23-28(25,26)20-14-15(2)8-13-19(20)27-4/h8-14,16,23H,5-7H2,1-4H3,(H,22,24)/t16-/m0/s1. The molecule has 0 aliphatic carbocycles. The Bertz CT molecular complexity index is 909. The Kier molecular flexibility index (Phi) is 7.60. The highest BCUT2D eigenvalue weighted by molar-refractivity contribution is 7.89. The van der Waals surface area contributed by atoms with Gasteiger partial charge in [0.1, 0.15) is 10.6 Å². The minimum Gasteiger partial charge on any atom is -0.495 e. The van der Waals surface area contributed by atoms with Crippen molar-refractivity contribution in [3.8, 4) is 5.75 Å². The molecule has 0 aromatic heterocycles. The zero-order chi connectivity index (χ0) is 20.7. The maximum atomic E-state index is 12.7. The summed E-state index contributed by atoms with van der Waals surface area (Å²) in [5, 5.41) is 2.74. The Morgan fingerprint density at radius 3 is 2.43 bits per heavy atom. The number of sulfonamides is 1. The number of ether oxygens (including phenoxy) is 1. The molecule has 2 aromatic rings. The minimum absolute atomic E-state index is 0.00919. The predicted molar refractivity (Wildman–Crippen MR) is 111 cm³/mol. The second-order valence-corrected chi connectivity index (χ2v) is 8.47. The van der Waals surface area contributed by atoms with Crippen molar-refractivity contribution in [1.82, 2.24) is 4.72 Å². The summed E-state index contributed by atoms with van der Waals surface area (Å²) in [7, 11) is -2.51. The van der Waals surface area contributed by atoms with Crippen molar-refractivity contribution < 1.29 is 17.9 Å². The van der Waals surface area contributed by atoms with E-state index in [-0.39, 0.29) is 10.6 Å². The van der Waals surface area contributed by atoms with E-state index in [1.807, 2.05) is 24.3 Å². The number of carbonyl (C=O) groups excluding carboxylic acids is 1. The third-order valence-corrected chi connectivity index (χ3v) is 5.94. The predicted octanol–water partition coefficient (Wildman–Crippen LogP) is 3.65. The SMILES string of the molecule is CCCCc1ccc(NC(=O)[C@H](C)NS(=O)(=O)c2cc(C)ccc2OC)cc1. The molecule has 0 aliphatic heterocycles. The van der Waals surface area contributed by atoms with E-state index in [2.05, 4.69) is 17.0 Å². The quantitative estimate of drug-likeness (QED) is 0.668. The van der Waals surface area contributed by atoms with Crippen LogP contribution in [0.4, 0.5) is 5.69 Å². The average molecular weight is 405 g/mol. The van der Waals surface area contributed by atoms with Crippen LogP contribution in [0.2, 0.25) is 0 Å². The lowest BCUT2D eigenvalue weighted by Crippen LogP contribution is -2.41. The van der Waals surface area contributed by atoms with Crippen LogP contribution in [-0.2, 0) is 21.2 Å². The Balaban J connectivity index is 2.06. The van der Waals surface area contributed by atoms with Crippen LogP contribution in [0.15, 0.2) is 47.4 Å². The number of nitrogens with one attached hydrogen (secondary N) is 2. The molecule has 0 bridgehead atoms. The molecule has 0 saturated heterocycles. The van der Waals surface area contributed by atoms with Crippen molar-refractivity contribution >= 4 is 21.6 Å². The summed E-state index contributed by atoms with van der Waals surface area (Å²) in [6.45, 7) is 5.44. The van der Waals surface area contributed by atoms with Crippen LogP contribution < -0.4 is 14.8 Å². The number of unbranched alkanes of at least 4 members (excludes halogenated alkanes) is 1. The van der Waals surface area contributed by atoms with E-state index in [9.17, 15) is 13.2 Å². The summed E-state index contributed by atoms with van der Waals surface area (Å²) < 4.78 is 33.0. The fourth-order valence-electron chi connectivity index (χ4n) is 2.73. The average Bonchev–Trinajstić information content (AvgIpc) is 2.67. The fourth-order valence-corrected chi connectivity index (χ4v) is 4.19. The third kappa shape index (κ3) is 5.81. The lowest BCUT2D eigenvalue weighted by Gasteiger charge is -2.16. The minimum atomic E-state index is -3.91. The van der Waals surface area contributed by atoms with E-state index >= 15 is 0 Å². The van der Waals surface area contributed by atoms with Crippen molar-refractivity contribution in [2.24, 2.45) is 0 Å². The van der Waals surface area contributed by atoms with Crippen molar-refractivity contribution in [3.63, 3.8) is 0 Å². The first kappa shape index (κ1) is 21.9. The molecule has 2 N–H and O–H groups in total. The van der Waals surface area contributed by atoms with Gasteiger partial charge in [-0.2, -0.15) is 4.72 Å². The summed E-state index contributed by atoms with van der Waals surface area (Å²) in [6.07, 6.45) is 3.24. The number of hydrogen-bond acceptors (Lipinski definition) is 4. The first-order valence-corrected chi connectivity index (χ1v) is 10.8. The van der Waals surface area contributed by atoms with Gasteiger partial charge in [-0.15, -0.1) is 0 Å². The Morgan fingerprint density at radius 2 is 1.82 bits per heavy atom. The van der Waals surface area contributed by atoms with Crippen LogP contribution in [0, 0.1) is 6.92 Å². The van der Waals surface area contributed by atoms with Gasteiger partial charge in [-0.1, -0.05) is 31.5 Å². The van der Waals surface area contributed by atoms with Gasteiger partial charge in [0.2, 0.25) is 15.9 Å². The van der Waals surface area contributed by atoms with E-state index in [1.165, 1.54) is 25.7 Å². The van der Waals surface area contributed by atoms with Crippen LogP contribution in [0.25, 0.3) is 0 Å². The number of anilines is 1. The Morgan fingerprint density at radius 1 is 1.14 bits per heavy atom. The van der Waals surface area contributed by atoms with Gasteiger partial charge < -0.3 is 10.1 Å². The monoisotopic (exact) mass is 404 g/mol. The first-order valence-electron chi connectivity index (χ1n) is 9.33. The molecule has 0 heterocycles. The lowest BCUT2D eigenvalue weighted by atomic mass is 10.1. The molecule has 0 aliphatic rings. The molecule has 2 rings (SSSR count). The van der Waals surface area contributed by atoms with Gasteiger partial charge in [-0.05, 0) is 62.1 Å². The molecule has 152 valence electrons. The molecular weight excluding hydrogens is 376 g/mol. The summed E-state index contributed by atoms with van der Waals surface area (Å²) in [5.74, 6) is -0.204. The number of amides is 1. The molecule has 28 heavy (non-hydrogen) atoms. The smallest absolute Gasteiger partial charge is 0.244 e. The zero-order valence-electron chi connectivity index (χ0n) is 16.8. The van der Waals surface area contributed by atoms with Gasteiger partial charge in [-0.3, -0.25) is 4.79 Å². The summed E-state index contributed by atoms with van der Waals surface area (Å²) >= 11 is 0. The Hall–Kier alpha value is -2.38. The second kappa shape index (κ2) is 9.71.